The quantitative estimate of drug-likeness (QED) is 0.656. The van der Waals surface area contributed by atoms with Crippen LogP contribution in [0.2, 0.25) is 0 Å². The van der Waals surface area contributed by atoms with Crippen molar-refractivity contribution in [3.05, 3.63) is 0 Å². The fourth-order valence-corrected chi connectivity index (χ4v) is 4.84. The molecule has 0 spiro atoms. The summed E-state index contributed by atoms with van der Waals surface area (Å²) in [4.78, 5) is 2.78. The molecular formula is C16H30BrN. The maximum Gasteiger partial charge on any atom is 0.0100 e. The molecule has 1 heterocycles. The Hall–Kier alpha value is 0.440. The summed E-state index contributed by atoms with van der Waals surface area (Å²) in [5.74, 6) is 0. The van der Waals surface area contributed by atoms with Gasteiger partial charge in [0.25, 0.3) is 0 Å². The predicted octanol–water partition coefficient (Wildman–Crippen LogP) is 4.84. The summed E-state index contributed by atoms with van der Waals surface area (Å²) >= 11 is 3.81. The van der Waals surface area contributed by atoms with E-state index in [0.29, 0.717) is 10.8 Å². The Labute approximate surface area is 122 Å². The van der Waals surface area contributed by atoms with E-state index < -0.39 is 0 Å². The van der Waals surface area contributed by atoms with Crippen molar-refractivity contribution in [1.29, 1.82) is 0 Å². The van der Waals surface area contributed by atoms with Crippen molar-refractivity contribution in [3.63, 3.8) is 0 Å². The van der Waals surface area contributed by atoms with Crippen LogP contribution in [0.25, 0.3) is 0 Å². The first-order chi connectivity index (χ1) is 8.67. The normalized spacial score (nSPS) is 27.5. The fraction of sp³-hybridized carbons (Fsp3) is 1.00. The number of likely N-dealkylation sites (tertiary alicyclic amines) is 1. The molecule has 0 aromatic carbocycles. The van der Waals surface area contributed by atoms with Crippen LogP contribution in [0, 0.1) is 10.8 Å². The molecule has 18 heavy (non-hydrogen) atoms. The van der Waals surface area contributed by atoms with Crippen molar-refractivity contribution in [2.24, 2.45) is 10.8 Å². The topological polar surface area (TPSA) is 3.24 Å². The van der Waals surface area contributed by atoms with Gasteiger partial charge >= 0.3 is 0 Å². The summed E-state index contributed by atoms with van der Waals surface area (Å²) in [5, 5.41) is 1.21. The smallest absolute Gasteiger partial charge is 0.0100 e. The van der Waals surface area contributed by atoms with Crippen LogP contribution in [-0.2, 0) is 0 Å². The fourth-order valence-electron chi connectivity index (χ4n) is 4.10. The van der Waals surface area contributed by atoms with E-state index in [9.17, 15) is 0 Å². The van der Waals surface area contributed by atoms with Gasteiger partial charge in [0.2, 0.25) is 0 Å². The SMILES string of the molecule is CCC1(CC)CCN(CC2(CBr)CCCCC2)C1. The summed E-state index contributed by atoms with van der Waals surface area (Å²) < 4.78 is 0. The number of hydrogen-bond acceptors (Lipinski definition) is 1. The Morgan fingerprint density at radius 3 is 2.11 bits per heavy atom. The van der Waals surface area contributed by atoms with Gasteiger partial charge in [0, 0.05) is 18.4 Å². The molecule has 1 aliphatic heterocycles. The van der Waals surface area contributed by atoms with Crippen molar-refractivity contribution in [1.82, 2.24) is 4.90 Å². The molecule has 0 aromatic heterocycles. The van der Waals surface area contributed by atoms with Gasteiger partial charge in [-0.05, 0) is 49.5 Å². The first-order valence-corrected chi connectivity index (χ1v) is 9.08. The van der Waals surface area contributed by atoms with Gasteiger partial charge in [-0.3, -0.25) is 0 Å². The molecule has 0 radical (unpaired) electrons. The monoisotopic (exact) mass is 315 g/mol. The molecule has 1 saturated carbocycles. The summed E-state index contributed by atoms with van der Waals surface area (Å²) in [7, 11) is 0. The molecule has 0 amide bonds. The van der Waals surface area contributed by atoms with Crippen LogP contribution in [0.5, 0.6) is 0 Å². The van der Waals surface area contributed by atoms with Gasteiger partial charge in [0.05, 0.1) is 0 Å². The molecule has 1 saturated heterocycles. The van der Waals surface area contributed by atoms with Gasteiger partial charge in [0.1, 0.15) is 0 Å². The van der Waals surface area contributed by atoms with Gasteiger partial charge < -0.3 is 4.90 Å². The van der Waals surface area contributed by atoms with Crippen LogP contribution in [0.4, 0.5) is 0 Å². The third kappa shape index (κ3) is 3.12. The summed E-state index contributed by atoms with van der Waals surface area (Å²) in [6, 6.07) is 0. The predicted molar refractivity (Wildman–Crippen MR) is 83.4 cm³/mol. The number of nitrogens with zero attached hydrogens (tertiary/aromatic N) is 1. The first-order valence-electron chi connectivity index (χ1n) is 7.96. The minimum atomic E-state index is 0.593. The molecule has 0 unspecified atom stereocenters. The zero-order valence-corrected chi connectivity index (χ0v) is 13.9. The Balaban J connectivity index is 1.93. The van der Waals surface area contributed by atoms with E-state index in [0.717, 1.165) is 0 Å². The average molecular weight is 316 g/mol. The van der Waals surface area contributed by atoms with Gasteiger partial charge in [-0.15, -0.1) is 0 Å². The third-order valence-electron chi connectivity index (χ3n) is 5.77. The maximum absolute atomic E-state index is 3.81. The van der Waals surface area contributed by atoms with Gasteiger partial charge in [0.15, 0.2) is 0 Å². The second-order valence-corrected chi connectivity index (χ2v) is 7.42. The van der Waals surface area contributed by atoms with Crippen molar-refractivity contribution in [2.45, 2.75) is 65.2 Å². The zero-order valence-electron chi connectivity index (χ0n) is 12.3. The molecule has 1 aliphatic carbocycles. The van der Waals surface area contributed by atoms with Crippen LogP contribution >= 0.6 is 15.9 Å². The molecule has 2 rings (SSSR count). The Morgan fingerprint density at radius 1 is 0.944 bits per heavy atom. The maximum atomic E-state index is 3.81. The number of rotatable bonds is 5. The Morgan fingerprint density at radius 2 is 1.61 bits per heavy atom. The van der Waals surface area contributed by atoms with Crippen LogP contribution < -0.4 is 0 Å². The highest BCUT2D eigenvalue weighted by Gasteiger charge is 2.39. The lowest BCUT2D eigenvalue weighted by Crippen LogP contribution is -2.40. The lowest BCUT2D eigenvalue weighted by atomic mass is 9.75. The average Bonchev–Trinajstić information content (AvgIpc) is 2.84. The van der Waals surface area contributed by atoms with Crippen LogP contribution in [0.1, 0.15) is 65.2 Å². The van der Waals surface area contributed by atoms with Crippen LogP contribution in [0.3, 0.4) is 0 Å². The van der Waals surface area contributed by atoms with E-state index >= 15 is 0 Å². The van der Waals surface area contributed by atoms with Gasteiger partial charge in [-0.1, -0.05) is 49.0 Å². The second kappa shape index (κ2) is 6.26. The summed E-state index contributed by atoms with van der Waals surface area (Å²) in [6.07, 6.45) is 11.4. The molecule has 2 fully saturated rings. The third-order valence-corrected chi connectivity index (χ3v) is 6.96. The Kier molecular flexibility index (Phi) is 5.16. The van der Waals surface area contributed by atoms with E-state index in [1.54, 1.807) is 0 Å². The molecule has 0 aromatic rings. The standard InChI is InChI=1S/C16H30BrN/c1-3-15(4-2)10-11-18(13-15)14-16(12-17)8-6-5-7-9-16/h3-14H2,1-2H3. The summed E-state index contributed by atoms with van der Waals surface area (Å²) in [5.41, 5.74) is 1.23. The molecule has 2 aliphatic rings. The van der Waals surface area contributed by atoms with E-state index in [1.165, 1.54) is 76.3 Å². The number of hydrogen-bond donors (Lipinski definition) is 0. The molecule has 1 nitrogen and oxygen atoms in total. The second-order valence-electron chi connectivity index (χ2n) is 6.86. The highest BCUT2D eigenvalue weighted by Crippen LogP contribution is 2.42. The van der Waals surface area contributed by atoms with E-state index in [1.807, 2.05) is 0 Å². The van der Waals surface area contributed by atoms with Crippen molar-refractivity contribution >= 4 is 15.9 Å². The molecule has 106 valence electrons. The van der Waals surface area contributed by atoms with E-state index in [4.69, 9.17) is 0 Å². The highest BCUT2D eigenvalue weighted by atomic mass is 79.9. The van der Waals surface area contributed by atoms with Crippen molar-refractivity contribution < 1.29 is 0 Å². The van der Waals surface area contributed by atoms with E-state index in [2.05, 4.69) is 34.7 Å². The largest absolute Gasteiger partial charge is 0.302 e. The van der Waals surface area contributed by atoms with Gasteiger partial charge in [-0.2, -0.15) is 0 Å². The zero-order chi connectivity index (χ0) is 13.1. The van der Waals surface area contributed by atoms with E-state index in [-0.39, 0.29) is 0 Å². The number of alkyl halides is 1. The molecular weight excluding hydrogens is 286 g/mol. The highest BCUT2D eigenvalue weighted by molar-refractivity contribution is 9.09. The molecule has 0 atom stereocenters. The molecule has 0 N–H and O–H groups in total. The minimum absolute atomic E-state index is 0.593. The van der Waals surface area contributed by atoms with Crippen molar-refractivity contribution in [3.8, 4) is 0 Å². The van der Waals surface area contributed by atoms with Gasteiger partial charge in [-0.25, -0.2) is 0 Å². The molecule has 2 heteroatoms. The summed E-state index contributed by atoms with van der Waals surface area (Å²) in [6.45, 7) is 8.81. The lowest BCUT2D eigenvalue weighted by Gasteiger charge is -2.39. The minimum Gasteiger partial charge on any atom is -0.302 e. The number of halogens is 1. The first kappa shape index (κ1) is 14.8. The lowest BCUT2D eigenvalue weighted by molar-refractivity contribution is 0.131. The molecule has 0 bridgehead atoms. The van der Waals surface area contributed by atoms with Crippen molar-refractivity contribution in [2.75, 3.05) is 25.0 Å². The van der Waals surface area contributed by atoms with Crippen LogP contribution in [-0.4, -0.2) is 29.9 Å². The Bertz CT molecular complexity index is 254. The van der Waals surface area contributed by atoms with Crippen LogP contribution in [0.15, 0.2) is 0 Å².